The van der Waals surface area contributed by atoms with Gasteiger partial charge in [-0.25, -0.2) is 0 Å². The fourth-order valence-corrected chi connectivity index (χ4v) is 1.69. The minimum absolute atomic E-state index is 0.0518. The molecule has 20 heavy (non-hydrogen) atoms. The summed E-state index contributed by atoms with van der Waals surface area (Å²) < 4.78 is 9.67. The smallest absolute Gasteiger partial charge is 0.320 e. The van der Waals surface area contributed by atoms with E-state index in [1.165, 1.54) is 12.1 Å². The molecule has 0 spiro atoms. The van der Waals surface area contributed by atoms with E-state index in [2.05, 4.69) is 0 Å². The molecule has 0 fully saturated rings. The number of hydrogen-bond acceptors (Lipinski definition) is 6. The lowest BCUT2D eigenvalue weighted by Gasteiger charge is -2.15. The maximum atomic E-state index is 11.8. The minimum Gasteiger partial charge on any atom is -0.508 e. The molecule has 0 aliphatic rings. The van der Waals surface area contributed by atoms with Crippen LogP contribution in [0.5, 0.6) is 11.5 Å². The zero-order valence-electron chi connectivity index (χ0n) is 11.5. The van der Waals surface area contributed by atoms with E-state index in [0.717, 1.165) is 6.07 Å². The van der Waals surface area contributed by atoms with Crippen molar-refractivity contribution in [2.24, 2.45) is 5.92 Å². The standard InChI is InChI=1S/C14H18O6/c1-3-19-13(17)11(14(18)20-4-2)7-9-5-6-10(15)8-12(9)16/h5-6,8,11,15-16H,3-4,7H2,1-2H3. The molecule has 6 nitrogen and oxygen atoms in total. The highest BCUT2D eigenvalue weighted by Gasteiger charge is 2.30. The lowest BCUT2D eigenvalue weighted by Crippen LogP contribution is -2.30. The molecule has 0 radical (unpaired) electrons. The van der Waals surface area contributed by atoms with Gasteiger partial charge in [-0.2, -0.15) is 0 Å². The fourth-order valence-electron chi connectivity index (χ4n) is 1.69. The molecule has 1 aromatic rings. The number of carbonyl (C=O) groups is 2. The van der Waals surface area contributed by atoms with Gasteiger partial charge in [0.2, 0.25) is 0 Å². The molecular weight excluding hydrogens is 264 g/mol. The van der Waals surface area contributed by atoms with Crippen LogP contribution in [0.1, 0.15) is 19.4 Å². The largest absolute Gasteiger partial charge is 0.508 e. The van der Waals surface area contributed by atoms with Crippen molar-refractivity contribution >= 4 is 11.9 Å². The summed E-state index contributed by atoms with van der Waals surface area (Å²) in [6, 6.07) is 3.95. The minimum atomic E-state index is -1.13. The molecule has 110 valence electrons. The Bertz CT molecular complexity index is 465. The van der Waals surface area contributed by atoms with Crippen molar-refractivity contribution in [3.63, 3.8) is 0 Å². The molecule has 0 amide bonds. The normalized spacial score (nSPS) is 10.3. The Balaban J connectivity index is 2.93. The van der Waals surface area contributed by atoms with Gasteiger partial charge in [-0.15, -0.1) is 0 Å². The summed E-state index contributed by atoms with van der Waals surface area (Å²) in [5.41, 5.74) is 0.355. The molecule has 0 unspecified atom stereocenters. The molecule has 0 heterocycles. The third-order valence-electron chi connectivity index (χ3n) is 2.64. The Labute approximate surface area is 116 Å². The number of aromatic hydroxyl groups is 2. The number of benzene rings is 1. The van der Waals surface area contributed by atoms with Crippen molar-refractivity contribution in [3.05, 3.63) is 23.8 Å². The van der Waals surface area contributed by atoms with Gasteiger partial charge in [-0.3, -0.25) is 9.59 Å². The van der Waals surface area contributed by atoms with Gasteiger partial charge in [-0.05, 0) is 31.9 Å². The topological polar surface area (TPSA) is 93.1 Å². The van der Waals surface area contributed by atoms with Crippen LogP contribution >= 0.6 is 0 Å². The Hall–Kier alpha value is -2.24. The first-order valence-electron chi connectivity index (χ1n) is 6.33. The quantitative estimate of drug-likeness (QED) is 0.605. The second-order valence-electron chi connectivity index (χ2n) is 4.07. The summed E-state index contributed by atoms with van der Waals surface area (Å²) in [5.74, 6) is -2.82. The molecule has 1 aromatic carbocycles. The van der Waals surface area contributed by atoms with E-state index >= 15 is 0 Å². The molecule has 0 aromatic heterocycles. The van der Waals surface area contributed by atoms with Crippen molar-refractivity contribution < 1.29 is 29.3 Å². The molecule has 0 saturated carbocycles. The second-order valence-corrected chi connectivity index (χ2v) is 4.07. The maximum Gasteiger partial charge on any atom is 0.320 e. The number of esters is 2. The predicted molar refractivity (Wildman–Crippen MR) is 70.2 cm³/mol. The first kappa shape index (κ1) is 15.8. The van der Waals surface area contributed by atoms with Crippen molar-refractivity contribution in [2.45, 2.75) is 20.3 Å². The average Bonchev–Trinajstić information content (AvgIpc) is 2.38. The van der Waals surface area contributed by atoms with Crippen molar-refractivity contribution in [1.82, 2.24) is 0 Å². The lowest BCUT2D eigenvalue weighted by atomic mass is 9.98. The number of phenolic OH excluding ortho intramolecular Hbond substituents is 2. The second kappa shape index (κ2) is 7.37. The third-order valence-corrected chi connectivity index (χ3v) is 2.64. The number of hydrogen-bond donors (Lipinski definition) is 2. The van der Waals surface area contributed by atoms with E-state index in [1.54, 1.807) is 13.8 Å². The van der Waals surface area contributed by atoms with Gasteiger partial charge in [0.25, 0.3) is 0 Å². The average molecular weight is 282 g/mol. The summed E-state index contributed by atoms with van der Waals surface area (Å²) in [5, 5.41) is 18.9. The Morgan fingerprint density at radius 3 is 2.10 bits per heavy atom. The highest BCUT2D eigenvalue weighted by Crippen LogP contribution is 2.25. The van der Waals surface area contributed by atoms with Crippen molar-refractivity contribution in [3.8, 4) is 11.5 Å². The monoisotopic (exact) mass is 282 g/mol. The first-order valence-corrected chi connectivity index (χ1v) is 6.33. The number of ether oxygens (including phenoxy) is 2. The van der Waals surface area contributed by atoms with Gasteiger partial charge >= 0.3 is 11.9 Å². The van der Waals surface area contributed by atoms with Crippen molar-refractivity contribution in [2.75, 3.05) is 13.2 Å². The van der Waals surface area contributed by atoms with E-state index in [-0.39, 0.29) is 31.1 Å². The molecule has 0 saturated heterocycles. The van der Waals surface area contributed by atoms with Crippen molar-refractivity contribution in [1.29, 1.82) is 0 Å². The van der Waals surface area contributed by atoms with E-state index in [4.69, 9.17) is 9.47 Å². The van der Waals surface area contributed by atoms with Crippen LogP contribution in [0.2, 0.25) is 0 Å². The SMILES string of the molecule is CCOC(=O)C(Cc1ccc(O)cc1O)C(=O)OCC. The van der Waals surface area contributed by atoms with Gasteiger partial charge < -0.3 is 19.7 Å². The van der Waals surface area contributed by atoms with Gasteiger partial charge in [-0.1, -0.05) is 6.07 Å². The van der Waals surface area contributed by atoms with Gasteiger partial charge in [0.15, 0.2) is 5.92 Å². The lowest BCUT2D eigenvalue weighted by molar-refractivity contribution is -0.161. The van der Waals surface area contributed by atoms with Crippen LogP contribution in [-0.2, 0) is 25.5 Å². The van der Waals surface area contributed by atoms with Crippen LogP contribution in [0, 0.1) is 5.92 Å². The van der Waals surface area contributed by atoms with E-state index < -0.39 is 17.9 Å². The summed E-state index contributed by atoms with van der Waals surface area (Å²) in [6.45, 7) is 3.57. The molecule has 2 N–H and O–H groups in total. The van der Waals surface area contributed by atoms with Gasteiger partial charge in [0, 0.05) is 6.07 Å². The number of phenols is 2. The molecular formula is C14H18O6. The molecule has 0 atom stereocenters. The van der Waals surface area contributed by atoms with Gasteiger partial charge in [0.1, 0.15) is 11.5 Å². The van der Waals surface area contributed by atoms with Crippen LogP contribution in [0.25, 0.3) is 0 Å². The zero-order valence-corrected chi connectivity index (χ0v) is 11.5. The summed E-state index contributed by atoms with van der Waals surface area (Å²) in [4.78, 5) is 23.6. The molecule has 0 aliphatic heterocycles. The van der Waals surface area contributed by atoms with Gasteiger partial charge in [0.05, 0.1) is 13.2 Å². The van der Waals surface area contributed by atoms with Crippen LogP contribution in [0.3, 0.4) is 0 Å². The third kappa shape index (κ3) is 4.15. The highest BCUT2D eigenvalue weighted by atomic mass is 16.6. The summed E-state index contributed by atoms with van der Waals surface area (Å²) in [7, 11) is 0. The summed E-state index contributed by atoms with van der Waals surface area (Å²) >= 11 is 0. The van der Waals surface area contributed by atoms with E-state index in [1.807, 2.05) is 0 Å². The molecule has 0 aliphatic carbocycles. The Morgan fingerprint density at radius 2 is 1.65 bits per heavy atom. The van der Waals surface area contributed by atoms with E-state index in [0.29, 0.717) is 5.56 Å². The van der Waals surface area contributed by atoms with Crippen LogP contribution in [-0.4, -0.2) is 35.4 Å². The Morgan fingerprint density at radius 1 is 1.10 bits per heavy atom. The fraction of sp³-hybridized carbons (Fsp3) is 0.429. The van der Waals surface area contributed by atoms with Crippen LogP contribution in [0.4, 0.5) is 0 Å². The van der Waals surface area contributed by atoms with Crippen LogP contribution < -0.4 is 0 Å². The number of rotatable bonds is 6. The first-order chi connectivity index (χ1) is 9.49. The maximum absolute atomic E-state index is 11.8. The number of carbonyl (C=O) groups excluding carboxylic acids is 2. The molecule has 6 heteroatoms. The zero-order chi connectivity index (χ0) is 15.1. The molecule has 0 bridgehead atoms. The predicted octanol–water partition coefficient (Wildman–Crippen LogP) is 1.38. The van der Waals surface area contributed by atoms with E-state index in [9.17, 15) is 19.8 Å². The summed E-state index contributed by atoms with van der Waals surface area (Å²) in [6.07, 6.45) is -0.0518. The van der Waals surface area contributed by atoms with Crippen LogP contribution in [0.15, 0.2) is 18.2 Å². The Kier molecular flexibility index (Phi) is 5.83. The molecule has 1 rings (SSSR count). The highest BCUT2D eigenvalue weighted by molar-refractivity contribution is 5.95.